The van der Waals surface area contributed by atoms with E-state index < -0.39 is 0 Å². The standard InChI is InChI=1S/C10H12N4O/c1-6-3-8(11)10(12-5-6)15-9-4-7(2)13-14-9/h3-5H,11H2,1-2H3,(H,13,14). The van der Waals surface area contributed by atoms with Crippen LogP contribution in [0.5, 0.6) is 11.8 Å². The molecule has 0 saturated heterocycles. The van der Waals surface area contributed by atoms with Crippen LogP contribution in [0.4, 0.5) is 5.69 Å². The van der Waals surface area contributed by atoms with Gasteiger partial charge in [-0.1, -0.05) is 0 Å². The van der Waals surface area contributed by atoms with Gasteiger partial charge in [-0.25, -0.2) is 4.98 Å². The number of nitrogen functional groups attached to an aromatic ring is 1. The topological polar surface area (TPSA) is 76.8 Å². The number of pyridine rings is 1. The van der Waals surface area contributed by atoms with Crippen LogP contribution < -0.4 is 10.5 Å². The molecule has 0 aromatic carbocycles. The number of hydrogen-bond donors (Lipinski definition) is 2. The van der Waals surface area contributed by atoms with Crippen molar-refractivity contribution in [2.45, 2.75) is 13.8 Å². The van der Waals surface area contributed by atoms with E-state index in [2.05, 4.69) is 15.2 Å². The number of anilines is 1. The second-order valence-corrected chi connectivity index (χ2v) is 3.40. The zero-order valence-electron chi connectivity index (χ0n) is 8.61. The first-order valence-electron chi connectivity index (χ1n) is 4.57. The zero-order chi connectivity index (χ0) is 10.8. The van der Waals surface area contributed by atoms with Gasteiger partial charge in [0.1, 0.15) is 0 Å². The van der Waals surface area contributed by atoms with Gasteiger partial charge in [0.2, 0.25) is 11.8 Å². The fourth-order valence-corrected chi connectivity index (χ4v) is 1.21. The van der Waals surface area contributed by atoms with Crippen LogP contribution in [-0.4, -0.2) is 15.2 Å². The highest BCUT2D eigenvalue weighted by Gasteiger charge is 2.05. The normalized spacial score (nSPS) is 10.3. The van der Waals surface area contributed by atoms with Gasteiger partial charge in [0.05, 0.1) is 5.69 Å². The van der Waals surface area contributed by atoms with Gasteiger partial charge < -0.3 is 10.5 Å². The molecule has 0 spiro atoms. The van der Waals surface area contributed by atoms with Gasteiger partial charge in [-0.05, 0) is 25.5 Å². The van der Waals surface area contributed by atoms with Crippen molar-refractivity contribution < 1.29 is 4.74 Å². The Hall–Kier alpha value is -2.04. The first-order chi connectivity index (χ1) is 7.15. The summed E-state index contributed by atoms with van der Waals surface area (Å²) < 4.78 is 5.41. The van der Waals surface area contributed by atoms with Crippen molar-refractivity contribution in [3.8, 4) is 11.8 Å². The van der Waals surface area contributed by atoms with Crippen molar-refractivity contribution >= 4 is 5.69 Å². The van der Waals surface area contributed by atoms with Gasteiger partial charge in [-0.15, -0.1) is 5.10 Å². The molecule has 5 nitrogen and oxygen atoms in total. The molecule has 0 fully saturated rings. The largest absolute Gasteiger partial charge is 0.417 e. The number of ether oxygens (including phenoxy) is 1. The summed E-state index contributed by atoms with van der Waals surface area (Å²) in [5.74, 6) is 0.850. The van der Waals surface area contributed by atoms with Crippen molar-refractivity contribution in [1.82, 2.24) is 15.2 Å². The van der Waals surface area contributed by atoms with Gasteiger partial charge in [0, 0.05) is 18.0 Å². The van der Waals surface area contributed by atoms with E-state index in [1.165, 1.54) is 0 Å². The Labute approximate surface area is 87.3 Å². The predicted octanol–water partition coefficient (Wildman–Crippen LogP) is 1.80. The molecule has 78 valence electrons. The molecule has 0 amide bonds. The number of aromatic nitrogens is 3. The summed E-state index contributed by atoms with van der Waals surface area (Å²) in [6.07, 6.45) is 1.70. The SMILES string of the molecule is Cc1cnc(Oc2cc(C)[nH]n2)c(N)c1. The summed E-state index contributed by atoms with van der Waals surface area (Å²) in [7, 11) is 0. The number of nitrogens with zero attached hydrogens (tertiary/aromatic N) is 2. The molecule has 0 aliphatic heterocycles. The molecule has 0 bridgehead atoms. The first kappa shape index (κ1) is 9.51. The molecular formula is C10H12N4O. The maximum absolute atomic E-state index is 5.75. The lowest BCUT2D eigenvalue weighted by atomic mass is 10.3. The number of nitrogens with one attached hydrogen (secondary N) is 1. The van der Waals surface area contributed by atoms with Gasteiger partial charge >= 0.3 is 0 Å². The zero-order valence-corrected chi connectivity index (χ0v) is 8.61. The molecule has 3 N–H and O–H groups in total. The molecule has 5 heteroatoms. The Bertz CT molecular complexity index is 478. The fourth-order valence-electron chi connectivity index (χ4n) is 1.21. The van der Waals surface area contributed by atoms with E-state index in [-0.39, 0.29) is 0 Å². The minimum absolute atomic E-state index is 0.382. The summed E-state index contributed by atoms with van der Waals surface area (Å²) in [5, 5.41) is 6.71. The minimum Gasteiger partial charge on any atom is -0.417 e. The van der Waals surface area contributed by atoms with E-state index in [4.69, 9.17) is 10.5 Å². The second kappa shape index (κ2) is 3.61. The van der Waals surface area contributed by atoms with Crippen LogP contribution >= 0.6 is 0 Å². The lowest BCUT2D eigenvalue weighted by molar-refractivity contribution is 0.446. The smallest absolute Gasteiger partial charge is 0.244 e. The third-order valence-corrected chi connectivity index (χ3v) is 1.90. The van der Waals surface area contributed by atoms with Crippen molar-refractivity contribution in [1.29, 1.82) is 0 Å². The summed E-state index contributed by atoms with van der Waals surface area (Å²) in [4.78, 5) is 4.08. The Morgan fingerprint density at radius 1 is 1.33 bits per heavy atom. The molecular weight excluding hydrogens is 192 g/mol. The molecule has 15 heavy (non-hydrogen) atoms. The quantitative estimate of drug-likeness (QED) is 0.781. The second-order valence-electron chi connectivity index (χ2n) is 3.40. The highest BCUT2D eigenvalue weighted by molar-refractivity contribution is 5.50. The molecule has 0 unspecified atom stereocenters. The summed E-state index contributed by atoms with van der Waals surface area (Å²) >= 11 is 0. The maximum Gasteiger partial charge on any atom is 0.244 e. The number of hydrogen-bond acceptors (Lipinski definition) is 4. The van der Waals surface area contributed by atoms with Crippen LogP contribution in [0.3, 0.4) is 0 Å². The average Bonchev–Trinajstić information content (AvgIpc) is 2.56. The Kier molecular flexibility index (Phi) is 2.29. The van der Waals surface area contributed by atoms with E-state index in [1.807, 2.05) is 19.9 Å². The van der Waals surface area contributed by atoms with E-state index in [1.54, 1.807) is 12.3 Å². The minimum atomic E-state index is 0.382. The monoisotopic (exact) mass is 204 g/mol. The maximum atomic E-state index is 5.75. The molecule has 2 heterocycles. The summed E-state index contributed by atoms with van der Waals surface area (Å²) in [5.41, 5.74) is 8.19. The van der Waals surface area contributed by atoms with Crippen LogP contribution in [0.25, 0.3) is 0 Å². The number of H-pyrrole nitrogens is 1. The fraction of sp³-hybridized carbons (Fsp3) is 0.200. The van der Waals surface area contributed by atoms with Gasteiger partial charge in [0.25, 0.3) is 0 Å². The molecule has 0 atom stereocenters. The van der Waals surface area contributed by atoms with Crippen LogP contribution in [0.2, 0.25) is 0 Å². The highest BCUT2D eigenvalue weighted by atomic mass is 16.5. The van der Waals surface area contributed by atoms with E-state index in [0.29, 0.717) is 17.4 Å². The number of aromatic amines is 1. The Morgan fingerprint density at radius 2 is 2.13 bits per heavy atom. The predicted molar refractivity (Wildman–Crippen MR) is 56.8 cm³/mol. The summed E-state index contributed by atoms with van der Waals surface area (Å²) in [6.45, 7) is 3.82. The molecule has 2 rings (SSSR count). The lowest BCUT2D eigenvalue weighted by Gasteiger charge is -2.04. The Morgan fingerprint density at radius 3 is 2.73 bits per heavy atom. The molecule has 0 aliphatic rings. The van der Waals surface area contributed by atoms with Crippen LogP contribution in [0.1, 0.15) is 11.3 Å². The Balaban J connectivity index is 2.24. The third kappa shape index (κ3) is 2.07. The van der Waals surface area contributed by atoms with Gasteiger partial charge in [-0.3, -0.25) is 5.10 Å². The molecule has 2 aromatic heterocycles. The van der Waals surface area contributed by atoms with Crippen molar-refractivity contribution in [2.75, 3.05) is 5.73 Å². The van der Waals surface area contributed by atoms with Crippen LogP contribution in [0.15, 0.2) is 18.3 Å². The summed E-state index contributed by atoms with van der Waals surface area (Å²) in [6, 6.07) is 3.59. The van der Waals surface area contributed by atoms with Crippen molar-refractivity contribution in [3.63, 3.8) is 0 Å². The average molecular weight is 204 g/mol. The van der Waals surface area contributed by atoms with Crippen molar-refractivity contribution in [3.05, 3.63) is 29.6 Å². The first-order valence-corrected chi connectivity index (χ1v) is 4.57. The molecule has 0 saturated carbocycles. The highest BCUT2D eigenvalue weighted by Crippen LogP contribution is 2.24. The third-order valence-electron chi connectivity index (χ3n) is 1.90. The number of nitrogens with two attached hydrogens (primary N) is 1. The molecule has 0 radical (unpaired) electrons. The van der Waals surface area contributed by atoms with Gasteiger partial charge in [0.15, 0.2) is 0 Å². The molecule has 2 aromatic rings. The van der Waals surface area contributed by atoms with E-state index in [0.717, 1.165) is 11.3 Å². The van der Waals surface area contributed by atoms with E-state index >= 15 is 0 Å². The lowest BCUT2D eigenvalue weighted by Crippen LogP contribution is -1.95. The number of aryl methyl sites for hydroxylation is 2. The molecule has 0 aliphatic carbocycles. The van der Waals surface area contributed by atoms with E-state index in [9.17, 15) is 0 Å². The van der Waals surface area contributed by atoms with Gasteiger partial charge in [-0.2, -0.15) is 0 Å². The van der Waals surface area contributed by atoms with Crippen LogP contribution in [-0.2, 0) is 0 Å². The van der Waals surface area contributed by atoms with Crippen LogP contribution in [0, 0.1) is 13.8 Å². The van der Waals surface area contributed by atoms with Crippen molar-refractivity contribution in [2.24, 2.45) is 0 Å². The number of rotatable bonds is 2.